The number of nitrogens with zero attached hydrogens (tertiary/aromatic N) is 3. The van der Waals surface area contributed by atoms with Crippen LogP contribution < -0.4 is 15.5 Å². The van der Waals surface area contributed by atoms with Gasteiger partial charge in [-0.1, -0.05) is 18.2 Å². The molecule has 7 heteroatoms. The molecule has 26 heavy (non-hydrogen) atoms. The van der Waals surface area contributed by atoms with E-state index in [1.807, 2.05) is 18.2 Å². The number of rotatable bonds is 5. The van der Waals surface area contributed by atoms with E-state index in [2.05, 4.69) is 32.5 Å². The van der Waals surface area contributed by atoms with E-state index in [0.29, 0.717) is 11.3 Å². The van der Waals surface area contributed by atoms with E-state index in [1.165, 1.54) is 0 Å². The molecule has 2 amide bonds. The average molecular weight is 353 g/mol. The Morgan fingerprint density at radius 2 is 1.77 bits per heavy atom. The largest absolute Gasteiger partial charge is 0.354 e. The zero-order valence-corrected chi connectivity index (χ0v) is 14.8. The second kappa shape index (κ2) is 8.44. The Hall–Kier alpha value is -2.93. The van der Waals surface area contributed by atoms with Crippen LogP contribution in [0.3, 0.4) is 0 Å². The molecule has 1 aromatic heterocycles. The number of hydrogen-bond acceptors (Lipinski definition) is 5. The topological polar surface area (TPSA) is 77.6 Å². The molecular formula is C19H23N5O2. The zero-order valence-electron chi connectivity index (χ0n) is 14.8. The lowest BCUT2D eigenvalue weighted by molar-refractivity contribution is -0.115. The van der Waals surface area contributed by atoms with Gasteiger partial charge in [0.1, 0.15) is 5.82 Å². The van der Waals surface area contributed by atoms with Gasteiger partial charge < -0.3 is 20.4 Å². The fourth-order valence-electron chi connectivity index (χ4n) is 2.74. The molecule has 2 heterocycles. The molecule has 0 unspecified atom stereocenters. The molecular weight excluding hydrogens is 330 g/mol. The fraction of sp³-hybridized carbons (Fsp3) is 0.316. The number of benzene rings is 1. The minimum absolute atomic E-state index is 0.0893. The maximum atomic E-state index is 12.0. The first-order valence-electron chi connectivity index (χ1n) is 8.64. The van der Waals surface area contributed by atoms with Crippen LogP contribution in [0.25, 0.3) is 0 Å². The lowest BCUT2D eigenvalue weighted by Gasteiger charge is -2.33. The number of carbonyl (C=O) groups excluding carboxylic acids is 2. The summed E-state index contributed by atoms with van der Waals surface area (Å²) in [7, 11) is 2.11. The Morgan fingerprint density at radius 1 is 1.04 bits per heavy atom. The van der Waals surface area contributed by atoms with Gasteiger partial charge in [0.15, 0.2) is 0 Å². The van der Waals surface area contributed by atoms with Crippen molar-refractivity contribution in [2.24, 2.45) is 0 Å². The molecule has 1 aliphatic rings. The van der Waals surface area contributed by atoms with Crippen LogP contribution >= 0.6 is 0 Å². The molecule has 0 atom stereocenters. The summed E-state index contributed by atoms with van der Waals surface area (Å²) in [6.45, 7) is 3.83. The Balaban J connectivity index is 1.48. The number of anilines is 2. The number of pyridine rings is 1. The average Bonchev–Trinajstić information content (AvgIpc) is 2.68. The van der Waals surface area contributed by atoms with Gasteiger partial charge in [0.05, 0.1) is 18.4 Å². The number of piperazine rings is 1. The van der Waals surface area contributed by atoms with E-state index >= 15 is 0 Å². The summed E-state index contributed by atoms with van der Waals surface area (Å²) < 4.78 is 0. The Labute approximate surface area is 153 Å². The highest BCUT2D eigenvalue weighted by molar-refractivity contribution is 5.99. The van der Waals surface area contributed by atoms with Gasteiger partial charge in [-0.2, -0.15) is 0 Å². The van der Waals surface area contributed by atoms with Crippen LogP contribution in [0, 0.1) is 0 Å². The number of likely N-dealkylation sites (N-methyl/N-ethyl adjacent to an activating group) is 1. The van der Waals surface area contributed by atoms with Crippen LogP contribution in [0.1, 0.15) is 10.4 Å². The Kier molecular flexibility index (Phi) is 5.80. The monoisotopic (exact) mass is 353 g/mol. The third-order valence-corrected chi connectivity index (χ3v) is 4.30. The summed E-state index contributed by atoms with van der Waals surface area (Å²) in [5, 5.41) is 5.34. The molecule has 0 saturated carbocycles. The van der Waals surface area contributed by atoms with Crippen LogP contribution in [0.5, 0.6) is 0 Å². The SMILES string of the molecule is CN1CCN(c2ccc(NC(=O)CNC(=O)c3ccccc3)cn2)CC1. The molecule has 1 saturated heterocycles. The van der Waals surface area contributed by atoms with Crippen molar-refractivity contribution in [3.8, 4) is 0 Å². The third kappa shape index (κ3) is 4.80. The predicted molar refractivity (Wildman–Crippen MR) is 101 cm³/mol. The lowest BCUT2D eigenvalue weighted by Crippen LogP contribution is -2.44. The van der Waals surface area contributed by atoms with E-state index in [9.17, 15) is 9.59 Å². The van der Waals surface area contributed by atoms with Crippen molar-refractivity contribution >= 4 is 23.3 Å². The molecule has 136 valence electrons. The van der Waals surface area contributed by atoms with Gasteiger partial charge in [-0.25, -0.2) is 4.98 Å². The number of aromatic nitrogens is 1. The highest BCUT2D eigenvalue weighted by Crippen LogP contribution is 2.15. The molecule has 0 bridgehead atoms. The van der Waals surface area contributed by atoms with E-state index in [1.54, 1.807) is 30.5 Å². The number of carbonyl (C=O) groups is 2. The van der Waals surface area contributed by atoms with E-state index in [-0.39, 0.29) is 18.4 Å². The number of nitrogens with one attached hydrogen (secondary N) is 2. The van der Waals surface area contributed by atoms with Crippen molar-refractivity contribution in [2.75, 3.05) is 50.0 Å². The molecule has 7 nitrogen and oxygen atoms in total. The standard InChI is InChI=1S/C19H23N5O2/c1-23-9-11-24(12-10-23)17-8-7-16(13-20-17)22-18(25)14-21-19(26)15-5-3-2-4-6-15/h2-8,13H,9-12,14H2,1H3,(H,21,26)(H,22,25). The van der Waals surface area contributed by atoms with Crippen molar-refractivity contribution in [1.82, 2.24) is 15.2 Å². The lowest BCUT2D eigenvalue weighted by atomic mass is 10.2. The van der Waals surface area contributed by atoms with Crippen molar-refractivity contribution in [3.05, 3.63) is 54.2 Å². The number of hydrogen-bond donors (Lipinski definition) is 2. The molecule has 1 aromatic carbocycles. The zero-order chi connectivity index (χ0) is 18.4. The van der Waals surface area contributed by atoms with Crippen molar-refractivity contribution in [1.29, 1.82) is 0 Å². The van der Waals surface area contributed by atoms with Crippen molar-refractivity contribution < 1.29 is 9.59 Å². The van der Waals surface area contributed by atoms with Crippen LogP contribution in [0.2, 0.25) is 0 Å². The maximum Gasteiger partial charge on any atom is 0.251 e. The van der Waals surface area contributed by atoms with Crippen LogP contribution in [0.15, 0.2) is 48.7 Å². The Bertz CT molecular complexity index is 740. The number of amides is 2. The summed E-state index contributed by atoms with van der Waals surface area (Å²) in [6, 6.07) is 12.5. The third-order valence-electron chi connectivity index (χ3n) is 4.30. The minimum atomic E-state index is -0.288. The Morgan fingerprint density at radius 3 is 2.42 bits per heavy atom. The van der Waals surface area contributed by atoms with Crippen LogP contribution in [0.4, 0.5) is 11.5 Å². The molecule has 0 radical (unpaired) electrons. The highest BCUT2D eigenvalue weighted by Gasteiger charge is 2.15. The minimum Gasteiger partial charge on any atom is -0.354 e. The van der Waals surface area contributed by atoms with Gasteiger partial charge in [-0.05, 0) is 31.3 Å². The second-order valence-electron chi connectivity index (χ2n) is 6.29. The predicted octanol–water partition coefficient (Wildman–Crippen LogP) is 1.20. The van der Waals surface area contributed by atoms with Gasteiger partial charge in [0, 0.05) is 31.7 Å². The van der Waals surface area contributed by atoms with Gasteiger partial charge in [-0.15, -0.1) is 0 Å². The van der Waals surface area contributed by atoms with Crippen LogP contribution in [-0.2, 0) is 4.79 Å². The molecule has 2 N–H and O–H groups in total. The summed E-state index contributed by atoms with van der Waals surface area (Å²) in [4.78, 5) is 32.9. The maximum absolute atomic E-state index is 12.0. The van der Waals surface area contributed by atoms with Crippen LogP contribution in [-0.4, -0.2) is 61.5 Å². The summed E-state index contributed by atoms with van der Waals surface area (Å²) in [6.07, 6.45) is 1.64. The van der Waals surface area contributed by atoms with E-state index in [4.69, 9.17) is 0 Å². The van der Waals surface area contributed by atoms with E-state index in [0.717, 1.165) is 32.0 Å². The molecule has 0 spiro atoms. The quantitative estimate of drug-likeness (QED) is 0.845. The molecule has 1 aliphatic heterocycles. The van der Waals surface area contributed by atoms with Gasteiger partial charge in [-0.3, -0.25) is 9.59 Å². The van der Waals surface area contributed by atoms with Gasteiger partial charge in [0.25, 0.3) is 5.91 Å². The van der Waals surface area contributed by atoms with Gasteiger partial charge >= 0.3 is 0 Å². The molecule has 1 fully saturated rings. The first-order chi connectivity index (χ1) is 12.6. The summed E-state index contributed by atoms with van der Waals surface area (Å²) >= 11 is 0. The fourth-order valence-corrected chi connectivity index (χ4v) is 2.74. The van der Waals surface area contributed by atoms with Gasteiger partial charge in [0.2, 0.25) is 5.91 Å². The normalized spacial score (nSPS) is 14.7. The molecule has 0 aliphatic carbocycles. The smallest absolute Gasteiger partial charge is 0.251 e. The van der Waals surface area contributed by atoms with E-state index < -0.39 is 0 Å². The highest BCUT2D eigenvalue weighted by atomic mass is 16.2. The van der Waals surface area contributed by atoms with Crippen molar-refractivity contribution in [3.63, 3.8) is 0 Å². The van der Waals surface area contributed by atoms with Crippen molar-refractivity contribution in [2.45, 2.75) is 0 Å². The second-order valence-corrected chi connectivity index (χ2v) is 6.29. The summed E-state index contributed by atoms with van der Waals surface area (Å²) in [5.41, 5.74) is 1.14. The molecule has 2 aromatic rings. The first-order valence-corrected chi connectivity index (χ1v) is 8.64. The summed E-state index contributed by atoms with van der Waals surface area (Å²) in [5.74, 6) is 0.348. The first kappa shape index (κ1) is 17.9. The molecule has 3 rings (SSSR count).